The third kappa shape index (κ3) is 6.15. The van der Waals surface area contributed by atoms with Crippen LogP contribution < -0.4 is 10.6 Å². The summed E-state index contributed by atoms with van der Waals surface area (Å²) in [7, 11) is -3.78. The van der Waals surface area contributed by atoms with Gasteiger partial charge in [-0.2, -0.15) is 4.31 Å². The van der Waals surface area contributed by atoms with Crippen LogP contribution in [0.4, 0.5) is 4.79 Å². The number of benzene rings is 1. The predicted octanol–water partition coefficient (Wildman–Crippen LogP) is 1.52. The lowest BCUT2D eigenvalue weighted by Gasteiger charge is -2.31. The predicted molar refractivity (Wildman–Crippen MR) is 106 cm³/mol. The van der Waals surface area contributed by atoms with Crippen LogP contribution in [-0.4, -0.2) is 56.4 Å². The minimum atomic E-state index is -3.78. The molecule has 1 aromatic rings. The molecule has 9 nitrogen and oxygen atoms in total. The van der Waals surface area contributed by atoms with Gasteiger partial charge in [0, 0.05) is 24.7 Å². The first-order chi connectivity index (χ1) is 13.6. The van der Waals surface area contributed by atoms with Crippen molar-refractivity contribution in [3.8, 4) is 0 Å². The van der Waals surface area contributed by atoms with Crippen molar-refractivity contribution < 1.29 is 27.5 Å². The van der Waals surface area contributed by atoms with E-state index >= 15 is 0 Å². The molecule has 1 aromatic carbocycles. The monoisotopic (exact) mass is 445 g/mol. The molecule has 2 N–H and O–H groups in total. The molecule has 0 spiro atoms. The maximum absolute atomic E-state index is 12.8. The summed E-state index contributed by atoms with van der Waals surface area (Å²) in [6.07, 6.45) is -0.268. The molecule has 1 fully saturated rings. The molecule has 11 heteroatoms. The number of rotatable bonds is 6. The second-order valence-corrected chi connectivity index (χ2v) is 8.96. The number of nitrogens with zero attached hydrogens (tertiary/aromatic N) is 1. The van der Waals surface area contributed by atoms with Crippen LogP contribution in [0.2, 0.25) is 5.02 Å². The molecule has 0 unspecified atom stereocenters. The molecule has 0 radical (unpaired) electrons. The number of sulfonamides is 1. The number of urea groups is 1. The third-order valence-electron chi connectivity index (χ3n) is 4.41. The van der Waals surface area contributed by atoms with E-state index in [0.717, 1.165) is 0 Å². The first kappa shape index (κ1) is 23.1. The van der Waals surface area contributed by atoms with E-state index in [9.17, 15) is 22.8 Å². The number of nitrogens with one attached hydrogen (secondary N) is 2. The fourth-order valence-electron chi connectivity index (χ4n) is 2.85. The van der Waals surface area contributed by atoms with Crippen LogP contribution in [-0.2, 0) is 24.3 Å². The van der Waals surface area contributed by atoms with Gasteiger partial charge in [-0.25, -0.2) is 13.2 Å². The van der Waals surface area contributed by atoms with Gasteiger partial charge >= 0.3 is 12.0 Å². The van der Waals surface area contributed by atoms with Gasteiger partial charge in [-0.1, -0.05) is 11.6 Å². The number of carbonyl (C=O) groups is 3. The summed E-state index contributed by atoms with van der Waals surface area (Å²) in [5.41, 5.74) is 0. The molecule has 0 bridgehead atoms. The van der Waals surface area contributed by atoms with Crippen molar-refractivity contribution in [2.75, 3.05) is 19.6 Å². The molecule has 29 heavy (non-hydrogen) atoms. The summed E-state index contributed by atoms with van der Waals surface area (Å²) in [5, 5.41) is 4.88. The summed E-state index contributed by atoms with van der Waals surface area (Å²) < 4.78 is 32.0. The minimum absolute atomic E-state index is 0.0472. The quantitative estimate of drug-likeness (QED) is 0.640. The maximum Gasteiger partial charge on any atom is 0.321 e. The molecule has 0 saturated carbocycles. The van der Waals surface area contributed by atoms with Gasteiger partial charge < -0.3 is 10.1 Å². The lowest BCUT2D eigenvalue weighted by Crippen LogP contribution is -2.46. The van der Waals surface area contributed by atoms with Crippen molar-refractivity contribution in [1.29, 1.82) is 0 Å². The van der Waals surface area contributed by atoms with E-state index in [1.54, 1.807) is 6.92 Å². The van der Waals surface area contributed by atoms with Gasteiger partial charge in [0.05, 0.1) is 10.8 Å². The van der Waals surface area contributed by atoms with E-state index in [1.165, 1.54) is 35.5 Å². The fraction of sp³-hybridized carbons (Fsp3) is 0.500. The highest BCUT2D eigenvalue weighted by molar-refractivity contribution is 7.89. The number of piperidine rings is 1. The highest BCUT2D eigenvalue weighted by Gasteiger charge is 2.35. The average molecular weight is 446 g/mol. The van der Waals surface area contributed by atoms with Crippen LogP contribution >= 0.6 is 11.6 Å². The van der Waals surface area contributed by atoms with Crippen molar-refractivity contribution in [1.82, 2.24) is 14.9 Å². The summed E-state index contributed by atoms with van der Waals surface area (Å²) in [4.78, 5) is 35.8. The standard InChI is InChI=1S/C18H24ClN3O6S/c1-3-20-18(25)21-16(23)12(2)28-17(24)13-5-4-10-22(11-13)29(26,27)15-8-6-14(19)7-9-15/h6-9,12-13H,3-5,10-11H2,1-2H3,(H2,20,21,23,25)/t12-,13+/m1/s1. The number of hydrogen-bond donors (Lipinski definition) is 2. The van der Waals surface area contributed by atoms with E-state index < -0.39 is 40.0 Å². The molecule has 3 amide bonds. The maximum atomic E-state index is 12.8. The summed E-state index contributed by atoms with van der Waals surface area (Å²) in [6, 6.07) is 5.11. The minimum Gasteiger partial charge on any atom is -0.452 e. The van der Waals surface area contributed by atoms with Gasteiger partial charge in [0.1, 0.15) is 0 Å². The molecular weight excluding hydrogens is 422 g/mol. The average Bonchev–Trinajstić information content (AvgIpc) is 2.68. The van der Waals surface area contributed by atoms with Crippen LogP contribution in [0.5, 0.6) is 0 Å². The van der Waals surface area contributed by atoms with E-state index in [2.05, 4.69) is 10.6 Å². The Morgan fingerprint density at radius 3 is 2.55 bits per heavy atom. The zero-order valence-electron chi connectivity index (χ0n) is 16.2. The summed E-state index contributed by atoms with van der Waals surface area (Å²) in [6.45, 7) is 3.61. The molecule has 1 aliphatic heterocycles. The zero-order valence-corrected chi connectivity index (χ0v) is 17.8. The molecule has 0 aliphatic carbocycles. The Morgan fingerprint density at radius 1 is 1.28 bits per heavy atom. The SMILES string of the molecule is CCNC(=O)NC(=O)[C@@H](C)OC(=O)[C@H]1CCCN(S(=O)(=O)c2ccc(Cl)cc2)C1. The van der Waals surface area contributed by atoms with Crippen LogP contribution in [0.15, 0.2) is 29.2 Å². The van der Waals surface area contributed by atoms with Gasteiger partial charge in [0.15, 0.2) is 6.10 Å². The van der Waals surface area contributed by atoms with E-state index in [1.807, 2.05) is 0 Å². The number of esters is 1. The second-order valence-electron chi connectivity index (χ2n) is 6.58. The first-order valence-electron chi connectivity index (χ1n) is 9.20. The Bertz CT molecular complexity index is 859. The zero-order chi connectivity index (χ0) is 21.6. The van der Waals surface area contributed by atoms with Gasteiger partial charge in [0.2, 0.25) is 10.0 Å². The number of hydrogen-bond acceptors (Lipinski definition) is 6. The number of ether oxygens (including phenoxy) is 1. The Labute approximate surface area is 174 Å². The number of imide groups is 1. The number of halogens is 1. The Hall–Kier alpha value is -2.17. The van der Waals surface area contributed by atoms with Gasteiger partial charge in [0.25, 0.3) is 5.91 Å². The number of carbonyl (C=O) groups excluding carboxylic acids is 3. The normalized spacial score (nSPS) is 18.5. The van der Waals surface area contributed by atoms with E-state index in [0.29, 0.717) is 24.4 Å². The van der Waals surface area contributed by atoms with Crippen molar-refractivity contribution >= 4 is 39.5 Å². The number of amides is 3. The molecule has 2 rings (SSSR count). The van der Waals surface area contributed by atoms with E-state index in [-0.39, 0.29) is 18.0 Å². The Balaban J connectivity index is 1.99. The molecule has 1 aliphatic rings. The van der Waals surface area contributed by atoms with Crippen LogP contribution in [0.25, 0.3) is 0 Å². The topological polar surface area (TPSA) is 122 Å². The fourth-order valence-corrected chi connectivity index (χ4v) is 4.50. The smallest absolute Gasteiger partial charge is 0.321 e. The highest BCUT2D eigenvalue weighted by Crippen LogP contribution is 2.25. The third-order valence-corrected chi connectivity index (χ3v) is 6.54. The van der Waals surface area contributed by atoms with Gasteiger partial charge in [-0.05, 0) is 51.0 Å². The van der Waals surface area contributed by atoms with Gasteiger partial charge in [-0.15, -0.1) is 0 Å². The lowest BCUT2D eigenvalue weighted by atomic mass is 10.00. The first-order valence-corrected chi connectivity index (χ1v) is 11.0. The van der Waals surface area contributed by atoms with Crippen molar-refractivity contribution in [3.63, 3.8) is 0 Å². The molecule has 1 saturated heterocycles. The molecule has 160 valence electrons. The molecular formula is C18H24ClN3O6S. The summed E-state index contributed by atoms with van der Waals surface area (Å²) >= 11 is 5.81. The van der Waals surface area contributed by atoms with Gasteiger partial charge in [-0.3, -0.25) is 14.9 Å². The molecule has 0 aromatic heterocycles. The van der Waals surface area contributed by atoms with Crippen LogP contribution in [0, 0.1) is 5.92 Å². The van der Waals surface area contributed by atoms with E-state index in [4.69, 9.17) is 16.3 Å². The van der Waals surface area contributed by atoms with Crippen molar-refractivity contribution in [2.24, 2.45) is 5.92 Å². The summed E-state index contributed by atoms with van der Waals surface area (Å²) in [5.74, 6) is -2.14. The lowest BCUT2D eigenvalue weighted by molar-refractivity contribution is -0.159. The molecule has 2 atom stereocenters. The second kappa shape index (κ2) is 10.0. The van der Waals surface area contributed by atoms with Crippen molar-refractivity contribution in [2.45, 2.75) is 37.7 Å². The van der Waals surface area contributed by atoms with Crippen LogP contribution in [0.1, 0.15) is 26.7 Å². The Morgan fingerprint density at radius 2 is 1.93 bits per heavy atom. The van der Waals surface area contributed by atoms with Crippen LogP contribution in [0.3, 0.4) is 0 Å². The molecule has 1 heterocycles. The largest absolute Gasteiger partial charge is 0.452 e. The highest BCUT2D eigenvalue weighted by atomic mass is 35.5. The van der Waals surface area contributed by atoms with Crippen molar-refractivity contribution in [3.05, 3.63) is 29.3 Å². The Kier molecular flexibility index (Phi) is 8.00.